The van der Waals surface area contributed by atoms with Crippen molar-refractivity contribution < 1.29 is 26.3 Å². The molecule has 3 rings (SSSR count). The van der Waals surface area contributed by atoms with Crippen molar-refractivity contribution >= 4 is 27.3 Å². The summed E-state index contributed by atoms with van der Waals surface area (Å²) in [4.78, 5) is 3.53. The van der Waals surface area contributed by atoms with Crippen molar-refractivity contribution in [1.82, 2.24) is 14.8 Å². The molecule has 12 heteroatoms. The van der Waals surface area contributed by atoms with E-state index in [4.69, 9.17) is 11.6 Å². The quantitative estimate of drug-likeness (QED) is 0.684. The molecule has 0 radical (unpaired) electrons. The zero-order valence-electron chi connectivity index (χ0n) is 13.2. The van der Waals surface area contributed by atoms with Gasteiger partial charge >= 0.3 is 6.36 Å². The number of aromatic nitrogens is 3. The molecule has 27 heavy (non-hydrogen) atoms. The zero-order chi connectivity index (χ0) is 19.7. The van der Waals surface area contributed by atoms with E-state index in [1.165, 1.54) is 29.5 Å². The monoisotopic (exact) mass is 418 g/mol. The fourth-order valence-corrected chi connectivity index (χ4v) is 3.38. The molecule has 0 atom stereocenters. The van der Waals surface area contributed by atoms with Gasteiger partial charge in [-0.25, -0.2) is 18.1 Å². The van der Waals surface area contributed by atoms with Crippen molar-refractivity contribution in [3.05, 3.63) is 60.1 Å². The number of nitrogens with one attached hydrogen (secondary N) is 1. The smallest absolute Gasteiger partial charge is 0.406 e. The maximum absolute atomic E-state index is 12.6. The second-order valence-corrected chi connectivity index (χ2v) is 7.25. The Morgan fingerprint density at radius 1 is 1.11 bits per heavy atom. The SMILES string of the molecule is O=S(=O)(Nc1cc(Cl)ccc1-n1cncn1)c1ccc(OC(F)(F)F)cc1. The molecule has 0 aliphatic carbocycles. The fraction of sp³-hybridized carbons (Fsp3) is 0.0667. The lowest BCUT2D eigenvalue weighted by molar-refractivity contribution is -0.274. The van der Waals surface area contributed by atoms with Crippen LogP contribution in [0.25, 0.3) is 5.69 Å². The van der Waals surface area contributed by atoms with Crippen LogP contribution in [0.5, 0.6) is 5.75 Å². The lowest BCUT2D eigenvalue weighted by Gasteiger charge is -2.13. The third-order valence-corrected chi connectivity index (χ3v) is 4.85. The van der Waals surface area contributed by atoms with Crippen molar-refractivity contribution in [2.45, 2.75) is 11.3 Å². The molecule has 0 aliphatic rings. The van der Waals surface area contributed by atoms with Gasteiger partial charge in [-0.3, -0.25) is 4.72 Å². The minimum Gasteiger partial charge on any atom is -0.406 e. The van der Waals surface area contributed by atoms with E-state index in [0.717, 1.165) is 24.3 Å². The largest absolute Gasteiger partial charge is 0.573 e. The lowest BCUT2D eigenvalue weighted by Crippen LogP contribution is -2.17. The summed E-state index contributed by atoms with van der Waals surface area (Å²) < 4.78 is 69.1. The van der Waals surface area contributed by atoms with Crippen molar-refractivity contribution in [3.8, 4) is 11.4 Å². The Kier molecular flexibility index (Phi) is 4.98. The number of hydrogen-bond donors (Lipinski definition) is 1. The summed E-state index contributed by atoms with van der Waals surface area (Å²) in [6, 6.07) is 8.23. The van der Waals surface area contributed by atoms with Crippen molar-refractivity contribution in [3.63, 3.8) is 0 Å². The van der Waals surface area contributed by atoms with E-state index in [0.29, 0.717) is 5.69 Å². The Morgan fingerprint density at radius 2 is 1.81 bits per heavy atom. The normalized spacial score (nSPS) is 12.0. The molecule has 7 nitrogen and oxygen atoms in total. The van der Waals surface area contributed by atoms with Crippen LogP contribution in [0.3, 0.4) is 0 Å². The van der Waals surface area contributed by atoms with Gasteiger partial charge in [0, 0.05) is 5.02 Å². The van der Waals surface area contributed by atoms with Crippen LogP contribution in [0.1, 0.15) is 0 Å². The van der Waals surface area contributed by atoms with Crippen LogP contribution in [0, 0.1) is 0 Å². The molecule has 1 N–H and O–H groups in total. The number of alkyl halides is 3. The molecule has 142 valence electrons. The molecule has 0 unspecified atom stereocenters. The number of halogens is 4. The van der Waals surface area contributed by atoms with Crippen LogP contribution < -0.4 is 9.46 Å². The van der Waals surface area contributed by atoms with Crippen LogP contribution in [0.15, 0.2) is 60.0 Å². The van der Waals surface area contributed by atoms with Crippen molar-refractivity contribution in [2.75, 3.05) is 4.72 Å². The number of rotatable bonds is 5. The standard InChI is InChI=1S/C15H10ClF3N4O3S/c16-10-1-6-14(23-9-20-8-21-23)13(7-10)22-27(24,25)12-4-2-11(3-5-12)26-15(17,18)19/h1-9,22H. The second-order valence-electron chi connectivity index (χ2n) is 5.13. The second kappa shape index (κ2) is 7.08. The minimum absolute atomic E-state index is 0.114. The zero-order valence-corrected chi connectivity index (χ0v) is 14.8. The Balaban J connectivity index is 1.90. The third-order valence-electron chi connectivity index (χ3n) is 3.24. The highest BCUT2D eigenvalue weighted by molar-refractivity contribution is 7.92. The topological polar surface area (TPSA) is 86.1 Å². The lowest BCUT2D eigenvalue weighted by atomic mass is 10.3. The first-order valence-corrected chi connectivity index (χ1v) is 9.03. The maximum Gasteiger partial charge on any atom is 0.573 e. The molecule has 0 aliphatic heterocycles. The first-order valence-electron chi connectivity index (χ1n) is 7.17. The summed E-state index contributed by atoms with van der Waals surface area (Å²) >= 11 is 5.93. The molecule has 0 fully saturated rings. The molecule has 0 saturated heterocycles. The van der Waals surface area contributed by atoms with Gasteiger partial charge in [0.2, 0.25) is 0 Å². The summed E-state index contributed by atoms with van der Waals surface area (Å²) in [5.41, 5.74) is 0.473. The Hall–Kier alpha value is -2.79. The number of sulfonamides is 1. The highest BCUT2D eigenvalue weighted by Gasteiger charge is 2.31. The maximum atomic E-state index is 12.6. The first kappa shape index (κ1) is 19.0. The van der Waals surface area contributed by atoms with E-state index in [1.54, 1.807) is 6.07 Å². The van der Waals surface area contributed by atoms with Crippen LogP contribution in [-0.2, 0) is 10.0 Å². The van der Waals surface area contributed by atoms with Crippen molar-refractivity contribution in [1.29, 1.82) is 0 Å². The summed E-state index contributed by atoms with van der Waals surface area (Å²) in [5, 5.41) is 4.20. The summed E-state index contributed by atoms with van der Waals surface area (Å²) in [6.45, 7) is 0. The van der Waals surface area contributed by atoms with Gasteiger partial charge in [0.05, 0.1) is 16.3 Å². The van der Waals surface area contributed by atoms with Gasteiger partial charge in [-0.1, -0.05) is 11.6 Å². The van der Waals surface area contributed by atoms with E-state index in [2.05, 4.69) is 19.5 Å². The average molecular weight is 419 g/mol. The third kappa shape index (κ3) is 4.68. The van der Waals surface area contributed by atoms with E-state index in [1.807, 2.05) is 0 Å². The van der Waals surface area contributed by atoms with Gasteiger partial charge in [-0.2, -0.15) is 5.10 Å². The fourth-order valence-electron chi connectivity index (χ4n) is 2.15. The van der Waals surface area contributed by atoms with Gasteiger partial charge in [-0.15, -0.1) is 13.2 Å². The van der Waals surface area contributed by atoms with E-state index in [9.17, 15) is 21.6 Å². The molecule has 0 saturated carbocycles. The predicted octanol–water partition coefficient (Wildman–Crippen LogP) is 3.62. The minimum atomic E-state index is -4.87. The Labute approximate surface area is 156 Å². The van der Waals surface area contributed by atoms with Crippen LogP contribution in [0.4, 0.5) is 18.9 Å². The number of benzene rings is 2. The van der Waals surface area contributed by atoms with Gasteiger partial charge in [0.15, 0.2) is 0 Å². The molecule has 2 aromatic carbocycles. The number of hydrogen-bond acceptors (Lipinski definition) is 5. The highest BCUT2D eigenvalue weighted by atomic mass is 35.5. The van der Waals surface area contributed by atoms with Crippen LogP contribution in [0.2, 0.25) is 5.02 Å². The van der Waals surface area contributed by atoms with Gasteiger partial charge in [0.25, 0.3) is 10.0 Å². The molecule has 3 aromatic rings. The van der Waals surface area contributed by atoms with Gasteiger partial charge in [-0.05, 0) is 42.5 Å². The average Bonchev–Trinajstić information content (AvgIpc) is 3.08. The Morgan fingerprint density at radius 3 is 2.41 bits per heavy atom. The molecule has 1 heterocycles. The highest BCUT2D eigenvalue weighted by Crippen LogP contribution is 2.28. The van der Waals surface area contributed by atoms with Crippen LogP contribution in [-0.4, -0.2) is 29.5 Å². The van der Waals surface area contributed by atoms with Gasteiger partial charge in [0.1, 0.15) is 18.4 Å². The number of anilines is 1. The molecule has 1 aromatic heterocycles. The molecule has 0 spiro atoms. The van der Waals surface area contributed by atoms with Crippen molar-refractivity contribution in [2.24, 2.45) is 0 Å². The first-order chi connectivity index (χ1) is 12.6. The number of nitrogens with zero attached hydrogens (tertiary/aromatic N) is 3. The summed E-state index contributed by atoms with van der Waals surface area (Å²) in [6.07, 6.45) is -2.23. The molecular formula is C15H10ClF3N4O3S. The molecule has 0 amide bonds. The molecule has 0 bridgehead atoms. The summed E-state index contributed by atoms with van der Waals surface area (Å²) in [5.74, 6) is -0.535. The van der Waals surface area contributed by atoms with Crippen LogP contribution >= 0.6 is 11.6 Å². The summed E-state index contributed by atoms with van der Waals surface area (Å²) in [7, 11) is -4.11. The van der Waals surface area contributed by atoms with E-state index < -0.39 is 22.1 Å². The van der Waals surface area contributed by atoms with E-state index in [-0.39, 0.29) is 15.6 Å². The predicted molar refractivity (Wildman–Crippen MR) is 90.3 cm³/mol. The van der Waals surface area contributed by atoms with E-state index >= 15 is 0 Å². The Bertz CT molecular complexity index is 1040. The number of ether oxygens (including phenoxy) is 1. The molecular weight excluding hydrogens is 409 g/mol. The van der Waals surface area contributed by atoms with Gasteiger partial charge < -0.3 is 4.74 Å².